The predicted molar refractivity (Wildman–Crippen MR) is 170 cm³/mol. The Morgan fingerprint density at radius 2 is 1.78 bits per heavy atom. The predicted octanol–water partition coefficient (Wildman–Crippen LogP) is 9.17. The molecule has 2 rings (SSSR count). The summed E-state index contributed by atoms with van der Waals surface area (Å²) in [5.74, 6) is 2.58. The van der Waals surface area contributed by atoms with Crippen molar-refractivity contribution >= 4 is 18.8 Å². The second kappa shape index (κ2) is 13.8. The van der Waals surface area contributed by atoms with Crippen molar-refractivity contribution in [2.45, 2.75) is 137 Å². The molecule has 214 valence electrons. The van der Waals surface area contributed by atoms with E-state index in [1.165, 1.54) is 51.4 Å². The van der Waals surface area contributed by atoms with E-state index in [0.717, 1.165) is 29.4 Å². The monoisotopic (exact) mass is 546 g/mol. The van der Waals surface area contributed by atoms with Crippen molar-refractivity contribution in [2.75, 3.05) is 6.61 Å². The molecular formula is C33H62O2Si2. The highest BCUT2D eigenvalue weighted by atomic mass is 28.4. The van der Waals surface area contributed by atoms with Gasteiger partial charge in [0.2, 0.25) is 0 Å². The molecule has 2 nitrogen and oxygen atoms in total. The topological polar surface area (TPSA) is 18.5 Å². The molecule has 1 saturated carbocycles. The Balaban J connectivity index is 2.35. The molecule has 2 aliphatic carbocycles. The fourth-order valence-corrected chi connectivity index (χ4v) is 8.46. The molecule has 0 unspecified atom stereocenters. The molecule has 0 saturated heterocycles. The Labute approximate surface area is 235 Å². The summed E-state index contributed by atoms with van der Waals surface area (Å²) in [5, 5.41) is 0.242. The van der Waals surface area contributed by atoms with Crippen LogP contribution in [0.3, 0.4) is 0 Å². The molecule has 0 aromatic rings. The van der Waals surface area contributed by atoms with E-state index in [2.05, 4.69) is 87.2 Å². The third-order valence-electron chi connectivity index (χ3n) is 10.1. The highest BCUT2D eigenvalue weighted by Gasteiger charge is 2.50. The normalized spacial score (nSPS) is 26.2. The Morgan fingerprint density at radius 1 is 1.11 bits per heavy atom. The van der Waals surface area contributed by atoms with Crippen molar-refractivity contribution in [1.29, 1.82) is 0 Å². The highest BCUT2D eigenvalue weighted by molar-refractivity contribution is 6.74. The van der Waals surface area contributed by atoms with Crippen molar-refractivity contribution in [1.82, 2.24) is 0 Å². The van der Waals surface area contributed by atoms with Crippen molar-refractivity contribution in [3.63, 3.8) is 0 Å². The minimum absolute atomic E-state index is 0.242. The van der Waals surface area contributed by atoms with Gasteiger partial charge in [-0.3, -0.25) is 0 Å². The van der Waals surface area contributed by atoms with E-state index in [-0.39, 0.29) is 10.5 Å². The average Bonchev–Trinajstić information content (AvgIpc) is 3.30. The summed E-state index contributed by atoms with van der Waals surface area (Å²) in [4.78, 5) is 0. The molecule has 0 aromatic heterocycles. The van der Waals surface area contributed by atoms with Crippen LogP contribution >= 0.6 is 0 Å². The number of allylic oxidation sites excluding steroid dienone is 4. The summed E-state index contributed by atoms with van der Waals surface area (Å²) < 4.78 is 12.7. The lowest BCUT2D eigenvalue weighted by Crippen LogP contribution is -2.45. The van der Waals surface area contributed by atoms with E-state index in [1.807, 2.05) is 0 Å². The summed E-state index contributed by atoms with van der Waals surface area (Å²) in [7, 11) is -0.983. The van der Waals surface area contributed by atoms with Gasteiger partial charge >= 0.3 is 0 Å². The van der Waals surface area contributed by atoms with Gasteiger partial charge in [-0.2, -0.15) is 0 Å². The molecule has 0 bridgehead atoms. The molecule has 2 aliphatic rings. The van der Waals surface area contributed by atoms with Crippen LogP contribution in [0.4, 0.5) is 0 Å². The molecule has 0 aliphatic heterocycles. The maximum Gasteiger partial charge on any atom is 0.192 e. The first-order chi connectivity index (χ1) is 17.1. The van der Waals surface area contributed by atoms with E-state index < -0.39 is 8.32 Å². The SMILES string of the molecule is C=CCCCC1=C[C@H]2C[C@@H](O[Si](C)(C)C(C)(C)C)[C@H](/C(C)=C(\C)[C@@H](CCCCCO[SiH3])C(C)(C)C)[C@H]2C1. The van der Waals surface area contributed by atoms with Gasteiger partial charge in [0.15, 0.2) is 8.32 Å². The number of unbranched alkanes of at least 4 members (excludes halogenated alkanes) is 3. The summed E-state index contributed by atoms with van der Waals surface area (Å²) in [6.07, 6.45) is 16.3. The third kappa shape index (κ3) is 8.78. The first-order valence-corrected chi connectivity index (χ1v) is 19.0. The lowest BCUT2D eigenvalue weighted by Gasteiger charge is -2.41. The molecule has 0 N–H and O–H groups in total. The summed E-state index contributed by atoms with van der Waals surface area (Å²) in [6, 6.07) is 0. The van der Waals surface area contributed by atoms with Gasteiger partial charge in [-0.05, 0) is 100 Å². The first-order valence-electron chi connectivity index (χ1n) is 15.3. The van der Waals surface area contributed by atoms with E-state index in [4.69, 9.17) is 8.85 Å². The standard InChI is InChI=1S/C33H62O2Si2/c1-12-13-15-18-26-21-27-23-30(35-37(10,11)33(7,8)9)31(28(27)22-26)25(3)24(2)29(32(4,5)6)19-16-14-17-20-34-36/h12,21,27-31H,1,13-20,22-23H2,2-11,36H3/b25-24+/t27-,28-,29+,30+,31+/m0/s1. The molecule has 4 heteroatoms. The summed E-state index contributed by atoms with van der Waals surface area (Å²) >= 11 is 0. The molecule has 0 radical (unpaired) electrons. The Morgan fingerprint density at radius 3 is 2.35 bits per heavy atom. The number of rotatable bonds is 14. The van der Waals surface area contributed by atoms with E-state index in [0.29, 0.717) is 23.9 Å². The maximum absolute atomic E-state index is 7.26. The molecule has 5 atom stereocenters. The fraction of sp³-hybridized carbons (Fsp3) is 0.818. The average molecular weight is 547 g/mol. The lowest BCUT2D eigenvalue weighted by molar-refractivity contribution is 0.140. The third-order valence-corrected chi connectivity index (χ3v) is 15.0. The van der Waals surface area contributed by atoms with Crippen molar-refractivity contribution in [2.24, 2.45) is 29.1 Å². The first kappa shape index (κ1) is 32.8. The molecule has 0 heterocycles. The quantitative estimate of drug-likeness (QED) is 0.123. The van der Waals surface area contributed by atoms with E-state index >= 15 is 0 Å². The van der Waals surface area contributed by atoms with Crippen LogP contribution in [0, 0.1) is 29.1 Å². The van der Waals surface area contributed by atoms with Gasteiger partial charge in [0.25, 0.3) is 0 Å². The Bertz CT molecular complexity index is 796. The van der Waals surface area contributed by atoms with Gasteiger partial charge in [-0.25, -0.2) is 0 Å². The van der Waals surface area contributed by atoms with Gasteiger partial charge in [0.1, 0.15) is 10.5 Å². The maximum atomic E-state index is 7.26. The number of hydrogen-bond donors (Lipinski definition) is 0. The highest BCUT2D eigenvalue weighted by Crippen LogP contribution is 2.54. The lowest BCUT2D eigenvalue weighted by atomic mass is 9.70. The zero-order valence-corrected chi connectivity index (χ0v) is 29.6. The Kier molecular flexibility index (Phi) is 12.2. The molecule has 37 heavy (non-hydrogen) atoms. The van der Waals surface area contributed by atoms with Crippen LogP contribution in [0.15, 0.2) is 35.5 Å². The fourth-order valence-electron chi connectivity index (χ4n) is 6.82. The number of hydrogen-bond acceptors (Lipinski definition) is 2. The van der Waals surface area contributed by atoms with Crippen molar-refractivity contribution in [3.8, 4) is 0 Å². The van der Waals surface area contributed by atoms with E-state index in [9.17, 15) is 0 Å². The second-order valence-electron chi connectivity index (χ2n) is 14.8. The molecule has 0 aromatic carbocycles. The molecular weight excluding hydrogens is 485 g/mol. The smallest absolute Gasteiger partial charge is 0.192 e. The van der Waals surface area contributed by atoms with Gasteiger partial charge in [-0.1, -0.05) is 83.3 Å². The van der Waals surface area contributed by atoms with Crippen molar-refractivity contribution < 1.29 is 8.85 Å². The zero-order valence-electron chi connectivity index (χ0n) is 26.6. The number of fused-ring (bicyclic) bond motifs is 1. The minimum atomic E-state index is -1.84. The van der Waals surface area contributed by atoms with Gasteiger partial charge in [-0.15, -0.1) is 6.58 Å². The van der Waals surface area contributed by atoms with Gasteiger partial charge in [0.05, 0.1) is 6.10 Å². The van der Waals surface area contributed by atoms with Crippen LogP contribution in [0.2, 0.25) is 18.1 Å². The molecule has 0 amide bonds. The molecule has 1 fully saturated rings. The summed E-state index contributed by atoms with van der Waals surface area (Å²) in [6.45, 7) is 29.2. The van der Waals surface area contributed by atoms with Gasteiger partial charge < -0.3 is 8.85 Å². The molecule has 0 spiro atoms. The van der Waals surface area contributed by atoms with Crippen molar-refractivity contribution in [3.05, 3.63) is 35.5 Å². The minimum Gasteiger partial charge on any atom is -0.428 e. The van der Waals surface area contributed by atoms with Crippen LogP contribution in [-0.2, 0) is 8.85 Å². The zero-order chi connectivity index (χ0) is 28.0. The van der Waals surface area contributed by atoms with Crippen LogP contribution in [0.25, 0.3) is 0 Å². The van der Waals surface area contributed by atoms with Crippen LogP contribution in [-0.4, -0.2) is 31.5 Å². The van der Waals surface area contributed by atoms with Crippen LogP contribution in [0.5, 0.6) is 0 Å². The van der Waals surface area contributed by atoms with Gasteiger partial charge in [0, 0.05) is 12.5 Å². The van der Waals surface area contributed by atoms with Crippen LogP contribution < -0.4 is 0 Å². The second-order valence-corrected chi connectivity index (χ2v) is 20.2. The van der Waals surface area contributed by atoms with Crippen LogP contribution in [0.1, 0.15) is 113 Å². The Hall–Kier alpha value is -0.426. The van der Waals surface area contributed by atoms with E-state index in [1.54, 1.807) is 16.7 Å². The largest absolute Gasteiger partial charge is 0.428 e. The summed E-state index contributed by atoms with van der Waals surface area (Å²) in [5.41, 5.74) is 5.28.